The minimum Gasteiger partial charge on any atom is -0.295 e. The number of carbonyl (C=O) groups excluding carboxylic acids is 1. The molecule has 0 saturated heterocycles. The molecule has 0 atom stereocenters. The zero-order valence-electron chi connectivity index (χ0n) is 14.3. The standard InChI is InChI=1S/C18H18ClN5OS/c1-24-16(14(10-20-24)12-3-2-4-12)17(25)21-18-23-22-15(26-18)9-11-5-7-13(19)8-6-11/h5-8,10,12H,2-4,9H2,1H3,(H,21,23,25). The van der Waals surface area contributed by atoms with Crippen molar-refractivity contribution in [2.24, 2.45) is 7.05 Å². The summed E-state index contributed by atoms with van der Waals surface area (Å²) in [6, 6.07) is 7.63. The topological polar surface area (TPSA) is 72.7 Å². The van der Waals surface area contributed by atoms with Gasteiger partial charge in [-0.2, -0.15) is 5.10 Å². The van der Waals surface area contributed by atoms with E-state index in [1.807, 2.05) is 30.5 Å². The monoisotopic (exact) mass is 387 g/mol. The van der Waals surface area contributed by atoms with E-state index in [0.717, 1.165) is 29.0 Å². The number of nitrogens with zero attached hydrogens (tertiary/aromatic N) is 4. The predicted octanol–water partition coefficient (Wildman–Crippen LogP) is 4.04. The fourth-order valence-electron chi connectivity index (χ4n) is 3.06. The van der Waals surface area contributed by atoms with Crippen molar-refractivity contribution in [3.8, 4) is 0 Å². The van der Waals surface area contributed by atoms with Crippen LogP contribution in [0.4, 0.5) is 5.13 Å². The molecule has 1 fully saturated rings. The Balaban J connectivity index is 1.46. The van der Waals surface area contributed by atoms with E-state index in [-0.39, 0.29) is 5.91 Å². The lowest BCUT2D eigenvalue weighted by molar-refractivity contribution is 0.101. The lowest BCUT2D eigenvalue weighted by Gasteiger charge is -2.25. The molecule has 1 aromatic carbocycles. The van der Waals surface area contributed by atoms with Gasteiger partial charge in [0.1, 0.15) is 10.7 Å². The number of anilines is 1. The fourth-order valence-corrected chi connectivity index (χ4v) is 3.95. The maximum atomic E-state index is 12.7. The van der Waals surface area contributed by atoms with Crippen molar-refractivity contribution in [1.82, 2.24) is 20.0 Å². The van der Waals surface area contributed by atoms with Gasteiger partial charge in [0.05, 0.1) is 6.20 Å². The number of amides is 1. The second-order valence-corrected chi connectivity index (χ2v) is 7.96. The summed E-state index contributed by atoms with van der Waals surface area (Å²) >= 11 is 7.29. The molecule has 2 heterocycles. The Labute approximate surface area is 160 Å². The van der Waals surface area contributed by atoms with Crippen molar-refractivity contribution in [2.75, 3.05) is 5.32 Å². The molecule has 2 aromatic heterocycles. The highest BCUT2D eigenvalue weighted by molar-refractivity contribution is 7.15. The summed E-state index contributed by atoms with van der Waals surface area (Å²) in [5, 5.41) is 17.4. The van der Waals surface area contributed by atoms with E-state index in [4.69, 9.17) is 11.6 Å². The van der Waals surface area contributed by atoms with Crippen molar-refractivity contribution in [3.05, 3.63) is 57.3 Å². The van der Waals surface area contributed by atoms with Crippen LogP contribution in [0.25, 0.3) is 0 Å². The molecule has 4 rings (SSSR count). The summed E-state index contributed by atoms with van der Waals surface area (Å²) < 4.78 is 1.64. The number of aromatic nitrogens is 4. The third-order valence-corrected chi connectivity index (χ3v) is 5.77. The van der Waals surface area contributed by atoms with Crippen molar-refractivity contribution >= 4 is 34.0 Å². The molecule has 3 aromatic rings. The van der Waals surface area contributed by atoms with Gasteiger partial charge in [-0.05, 0) is 36.5 Å². The van der Waals surface area contributed by atoms with Crippen molar-refractivity contribution in [2.45, 2.75) is 31.6 Å². The van der Waals surface area contributed by atoms with Gasteiger partial charge in [0.2, 0.25) is 5.13 Å². The minimum absolute atomic E-state index is 0.180. The van der Waals surface area contributed by atoms with Gasteiger partial charge in [0, 0.05) is 24.1 Å². The molecule has 1 aliphatic rings. The van der Waals surface area contributed by atoms with Gasteiger partial charge < -0.3 is 0 Å². The molecule has 0 unspecified atom stereocenters. The van der Waals surface area contributed by atoms with Crippen LogP contribution in [0.15, 0.2) is 30.5 Å². The molecular weight excluding hydrogens is 370 g/mol. The van der Waals surface area contributed by atoms with Gasteiger partial charge >= 0.3 is 0 Å². The summed E-state index contributed by atoms with van der Waals surface area (Å²) in [6.45, 7) is 0. The molecule has 1 saturated carbocycles. The van der Waals surface area contributed by atoms with E-state index in [9.17, 15) is 4.79 Å². The van der Waals surface area contributed by atoms with Gasteiger partial charge in [-0.3, -0.25) is 14.8 Å². The second-order valence-electron chi connectivity index (χ2n) is 6.46. The van der Waals surface area contributed by atoms with E-state index in [1.54, 1.807) is 11.7 Å². The van der Waals surface area contributed by atoms with Crippen LogP contribution in [-0.2, 0) is 13.5 Å². The molecule has 0 bridgehead atoms. The van der Waals surface area contributed by atoms with Crippen LogP contribution in [0.3, 0.4) is 0 Å². The van der Waals surface area contributed by atoms with Crippen LogP contribution in [0, 0.1) is 0 Å². The summed E-state index contributed by atoms with van der Waals surface area (Å²) in [4.78, 5) is 12.7. The molecule has 8 heteroatoms. The number of hydrogen-bond donors (Lipinski definition) is 1. The third kappa shape index (κ3) is 3.50. The Bertz CT molecular complexity index is 929. The Morgan fingerprint density at radius 3 is 2.77 bits per heavy atom. The molecule has 134 valence electrons. The number of rotatable bonds is 5. The average molecular weight is 388 g/mol. The summed E-state index contributed by atoms with van der Waals surface area (Å²) in [5.41, 5.74) is 2.74. The highest BCUT2D eigenvalue weighted by Crippen LogP contribution is 2.38. The predicted molar refractivity (Wildman–Crippen MR) is 102 cm³/mol. The zero-order chi connectivity index (χ0) is 18.1. The maximum absolute atomic E-state index is 12.7. The van der Waals surface area contributed by atoms with Crippen LogP contribution >= 0.6 is 22.9 Å². The Kier molecular flexibility index (Phi) is 4.74. The van der Waals surface area contributed by atoms with Gasteiger partial charge in [-0.25, -0.2) is 0 Å². The molecule has 1 amide bonds. The first-order valence-corrected chi connectivity index (χ1v) is 9.69. The van der Waals surface area contributed by atoms with Crippen LogP contribution < -0.4 is 5.32 Å². The quantitative estimate of drug-likeness (QED) is 0.717. The molecule has 0 spiro atoms. The van der Waals surface area contributed by atoms with Gasteiger partial charge in [0.25, 0.3) is 5.91 Å². The van der Waals surface area contributed by atoms with Gasteiger partial charge in [-0.15, -0.1) is 10.2 Å². The smallest absolute Gasteiger partial charge is 0.276 e. The molecule has 0 radical (unpaired) electrons. The van der Waals surface area contributed by atoms with Crippen LogP contribution in [-0.4, -0.2) is 25.9 Å². The number of carbonyl (C=O) groups is 1. The van der Waals surface area contributed by atoms with E-state index in [2.05, 4.69) is 20.6 Å². The van der Waals surface area contributed by atoms with Crippen molar-refractivity contribution < 1.29 is 4.79 Å². The van der Waals surface area contributed by atoms with Crippen LogP contribution in [0.5, 0.6) is 0 Å². The maximum Gasteiger partial charge on any atom is 0.276 e. The van der Waals surface area contributed by atoms with Crippen molar-refractivity contribution in [3.63, 3.8) is 0 Å². The van der Waals surface area contributed by atoms with E-state index in [0.29, 0.717) is 28.2 Å². The summed E-state index contributed by atoms with van der Waals surface area (Å²) in [6.07, 6.45) is 5.92. The first-order chi connectivity index (χ1) is 12.6. The van der Waals surface area contributed by atoms with Crippen LogP contribution in [0.2, 0.25) is 5.02 Å². The Morgan fingerprint density at radius 1 is 1.31 bits per heavy atom. The van der Waals surface area contributed by atoms with Crippen molar-refractivity contribution in [1.29, 1.82) is 0 Å². The average Bonchev–Trinajstić information content (AvgIpc) is 3.15. The first kappa shape index (κ1) is 17.2. The third-order valence-electron chi connectivity index (χ3n) is 4.68. The number of hydrogen-bond acceptors (Lipinski definition) is 5. The fraction of sp³-hybridized carbons (Fsp3) is 0.333. The second kappa shape index (κ2) is 7.17. The number of halogens is 1. The van der Waals surface area contributed by atoms with Gasteiger partial charge in [0.15, 0.2) is 0 Å². The normalized spacial score (nSPS) is 14.2. The van der Waals surface area contributed by atoms with Gasteiger partial charge in [-0.1, -0.05) is 41.5 Å². The Morgan fingerprint density at radius 2 is 2.08 bits per heavy atom. The minimum atomic E-state index is -0.180. The zero-order valence-corrected chi connectivity index (χ0v) is 15.8. The first-order valence-electron chi connectivity index (χ1n) is 8.50. The molecule has 26 heavy (non-hydrogen) atoms. The molecule has 6 nitrogen and oxygen atoms in total. The number of nitrogens with one attached hydrogen (secondary N) is 1. The summed E-state index contributed by atoms with van der Waals surface area (Å²) in [7, 11) is 1.79. The SMILES string of the molecule is Cn1ncc(C2CCC2)c1C(=O)Nc1nnc(Cc2ccc(Cl)cc2)s1. The van der Waals surface area contributed by atoms with E-state index >= 15 is 0 Å². The molecule has 1 aliphatic carbocycles. The number of aryl methyl sites for hydroxylation is 1. The molecule has 1 N–H and O–H groups in total. The highest BCUT2D eigenvalue weighted by atomic mass is 35.5. The largest absolute Gasteiger partial charge is 0.295 e. The van der Waals surface area contributed by atoms with E-state index < -0.39 is 0 Å². The van der Waals surface area contributed by atoms with Crippen LogP contribution in [0.1, 0.15) is 51.8 Å². The lowest BCUT2D eigenvalue weighted by Crippen LogP contribution is -2.20. The molecular formula is C18H18ClN5OS. The highest BCUT2D eigenvalue weighted by Gasteiger charge is 2.28. The lowest BCUT2D eigenvalue weighted by atomic mass is 9.80. The number of benzene rings is 1. The molecule has 0 aliphatic heterocycles. The Hall–Kier alpha value is -2.25. The summed E-state index contributed by atoms with van der Waals surface area (Å²) in [5.74, 6) is 0.264. The van der Waals surface area contributed by atoms with E-state index in [1.165, 1.54) is 17.8 Å².